The third kappa shape index (κ3) is 3.19. The summed E-state index contributed by atoms with van der Waals surface area (Å²) >= 11 is 1.55. The second-order valence-electron chi connectivity index (χ2n) is 5.22. The molecular weight excluding hydrogens is 328 g/mol. The van der Waals surface area contributed by atoms with Crippen molar-refractivity contribution in [2.24, 2.45) is 0 Å². The van der Waals surface area contributed by atoms with E-state index >= 15 is 0 Å². The number of thiazole rings is 1. The largest absolute Gasteiger partial charge is 0.242 e. The highest BCUT2D eigenvalue weighted by atomic mass is 32.2. The molecule has 23 heavy (non-hydrogen) atoms. The van der Waals surface area contributed by atoms with E-state index in [2.05, 4.69) is 4.98 Å². The molecule has 0 amide bonds. The molecule has 0 bridgehead atoms. The Hall–Kier alpha value is -2.02. The summed E-state index contributed by atoms with van der Waals surface area (Å²) in [6.45, 7) is 0. The molecule has 1 aromatic heterocycles. The summed E-state index contributed by atoms with van der Waals surface area (Å²) in [4.78, 5) is 4.90. The summed E-state index contributed by atoms with van der Waals surface area (Å²) < 4.78 is 25.7. The Morgan fingerprint density at radius 1 is 0.957 bits per heavy atom. The maximum absolute atomic E-state index is 12.3. The number of nitrogens with zero attached hydrogens (tertiary/aromatic N) is 2. The zero-order chi connectivity index (χ0) is 16.4. The summed E-state index contributed by atoms with van der Waals surface area (Å²) in [5, 5.41) is 2.87. The first-order chi connectivity index (χ1) is 11.0. The average molecular weight is 344 g/mol. The Labute approximate surface area is 140 Å². The van der Waals surface area contributed by atoms with Crippen LogP contribution in [0.5, 0.6) is 0 Å². The van der Waals surface area contributed by atoms with Crippen LogP contribution in [-0.4, -0.2) is 31.8 Å². The fraction of sp³-hybridized carbons (Fsp3) is 0.118. The molecule has 118 valence electrons. The molecule has 0 saturated carbocycles. The van der Waals surface area contributed by atoms with Crippen molar-refractivity contribution >= 4 is 21.4 Å². The van der Waals surface area contributed by atoms with Gasteiger partial charge in [0, 0.05) is 30.6 Å². The van der Waals surface area contributed by atoms with Gasteiger partial charge >= 0.3 is 0 Å². The van der Waals surface area contributed by atoms with Crippen molar-refractivity contribution in [1.29, 1.82) is 0 Å². The van der Waals surface area contributed by atoms with Crippen LogP contribution in [0.1, 0.15) is 0 Å². The van der Waals surface area contributed by atoms with Crippen LogP contribution in [0.2, 0.25) is 0 Å². The van der Waals surface area contributed by atoms with E-state index in [1.54, 1.807) is 29.5 Å². The monoisotopic (exact) mass is 344 g/mol. The standard InChI is InChI=1S/C17H16N2O2S2/c1-19(2)23(20,21)15-10-6-9-14(11-15)16-12-22-17(18-16)13-7-4-3-5-8-13/h3-12H,1-2H3. The van der Waals surface area contributed by atoms with Crippen LogP contribution >= 0.6 is 11.3 Å². The maximum atomic E-state index is 12.3. The van der Waals surface area contributed by atoms with Crippen LogP contribution in [-0.2, 0) is 10.0 Å². The lowest BCUT2D eigenvalue weighted by atomic mass is 10.2. The molecule has 0 spiro atoms. The van der Waals surface area contributed by atoms with E-state index in [-0.39, 0.29) is 4.90 Å². The minimum Gasteiger partial charge on any atom is -0.236 e. The maximum Gasteiger partial charge on any atom is 0.242 e. The molecule has 0 saturated heterocycles. The molecule has 2 aromatic carbocycles. The summed E-state index contributed by atoms with van der Waals surface area (Å²) in [7, 11) is -0.392. The van der Waals surface area contributed by atoms with Gasteiger partial charge in [-0.3, -0.25) is 0 Å². The Morgan fingerprint density at radius 2 is 1.65 bits per heavy atom. The molecule has 0 radical (unpaired) electrons. The number of hydrogen-bond donors (Lipinski definition) is 0. The van der Waals surface area contributed by atoms with E-state index < -0.39 is 10.0 Å². The Morgan fingerprint density at radius 3 is 2.35 bits per heavy atom. The van der Waals surface area contributed by atoms with Gasteiger partial charge in [0.25, 0.3) is 0 Å². The second kappa shape index (κ2) is 6.23. The summed E-state index contributed by atoms with van der Waals surface area (Å²) in [5.41, 5.74) is 2.64. The van der Waals surface area contributed by atoms with Crippen LogP contribution in [0.4, 0.5) is 0 Å². The van der Waals surface area contributed by atoms with Crippen molar-refractivity contribution in [3.63, 3.8) is 0 Å². The van der Waals surface area contributed by atoms with Gasteiger partial charge in [-0.15, -0.1) is 11.3 Å². The molecule has 6 heteroatoms. The van der Waals surface area contributed by atoms with Crippen LogP contribution < -0.4 is 0 Å². The van der Waals surface area contributed by atoms with Gasteiger partial charge in [0.05, 0.1) is 10.6 Å². The lowest BCUT2D eigenvalue weighted by molar-refractivity contribution is 0.521. The van der Waals surface area contributed by atoms with Crippen LogP contribution in [0, 0.1) is 0 Å². The Balaban J connectivity index is 1.99. The van der Waals surface area contributed by atoms with Gasteiger partial charge in [-0.05, 0) is 12.1 Å². The first kappa shape index (κ1) is 15.9. The van der Waals surface area contributed by atoms with Gasteiger partial charge in [0.15, 0.2) is 0 Å². The summed E-state index contributed by atoms with van der Waals surface area (Å²) in [6.07, 6.45) is 0. The molecule has 0 aliphatic carbocycles. The minimum atomic E-state index is -3.44. The summed E-state index contributed by atoms with van der Waals surface area (Å²) in [6, 6.07) is 16.8. The minimum absolute atomic E-state index is 0.272. The highest BCUT2D eigenvalue weighted by molar-refractivity contribution is 7.89. The molecule has 0 aliphatic heterocycles. The zero-order valence-electron chi connectivity index (χ0n) is 12.8. The number of hydrogen-bond acceptors (Lipinski definition) is 4. The average Bonchev–Trinajstić information content (AvgIpc) is 3.06. The topological polar surface area (TPSA) is 50.3 Å². The van der Waals surface area contributed by atoms with Crippen molar-refractivity contribution in [2.45, 2.75) is 4.90 Å². The molecule has 0 unspecified atom stereocenters. The van der Waals surface area contributed by atoms with Crippen molar-refractivity contribution in [1.82, 2.24) is 9.29 Å². The van der Waals surface area contributed by atoms with Crippen LogP contribution in [0.3, 0.4) is 0 Å². The quantitative estimate of drug-likeness (QED) is 0.725. The Bertz CT molecular complexity index is 917. The van der Waals surface area contributed by atoms with Crippen molar-refractivity contribution in [3.8, 4) is 21.8 Å². The van der Waals surface area contributed by atoms with E-state index in [0.717, 1.165) is 21.8 Å². The van der Waals surface area contributed by atoms with E-state index in [9.17, 15) is 8.42 Å². The predicted octanol–water partition coefficient (Wildman–Crippen LogP) is 3.73. The smallest absolute Gasteiger partial charge is 0.236 e. The predicted molar refractivity (Wildman–Crippen MR) is 93.9 cm³/mol. The SMILES string of the molecule is CN(C)S(=O)(=O)c1cccc(-c2csc(-c3ccccc3)n2)c1. The first-order valence-corrected chi connectivity index (χ1v) is 9.34. The van der Waals surface area contributed by atoms with Crippen LogP contribution in [0.15, 0.2) is 64.9 Å². The van der Waals surface area contributed by atoms with Gasteiger partial charge in [-0.1, -0.05) is 42.5 Å². The van der Waals surface area contributed by atoms with Gasteiger partial charge in [-0.2, -0.15) is 0 Å². The van der Waals surface area contributed by atoms with Crippen molar-refractivity contribution in [2.75, 3.05) is 14.1 Å². The third-order valence-electron chi connectivity index (χ3n) is 3.43. The fourth-order valence-corrected chi connectivity index (χ4v) is 3.93. The number of sulfonamides is 1. The molecule has 0 N–H and O–H groups in total. The lowest BCUT2D eigenvalue weighted by Gasteiger charge is -2.11. The normalized spacial score (nSPS) is 11.8. The highest BCUT2D eigenvalue weighted by Crippen LogP contribution is 2.30. The van der Waals surface area contributed by atoms with E-state index in [1.807, 2.05) is 41.8 Å². The first-order valence-electron chi connectivity index (χ1n) is 7.02. The molecule has 1 heterocycles. The van der Waals surface area contributed by atoms with Crippen LogP contribution in [0.25, 0.3) is 21.8 Å². The number of aromatic nitrogens is 1. The molecule has 3 aromatic rings. The summed E-state index contributed by atoms with van der Waals surface area (Å²) in [5.74, 6) is 0. The molecule has 0 atom stereocenters. The lowest BCUT2D eigenvalue weighted by Crippen LogP contribution is -2.22. The molecule has 4 nitrogen and oxygen atoms in total. The molecule has 0 fully saturated rings. The molecule has 3 rings (SSSR count). The molecule has 0 aliphatic rings. The fourth-order valence-electron chi connectivity index (χ4n) is 2.15. The van der Waals surface area contributed by atoms with Gasteiger partial charge < -0.3 is 0 Å². The highest BCUT2D eigenvalue weighted by Gasteiger charge is 2.18. The third-order valence-corrected chi connectivity index (χ3v) is 6.14. The second-order valence-corrected chi connectivity index (χ2v) is 8.23. The van der Waals surface area contributed by atoms with E-state index in [1.165, 1.54) is 18.4 Å². The molecular formula is C17H16N2O2S2. The Kier molecular flexibility index (Phi) is 4.30. The zero-order valence-corrected chi connectivity index (χ0v) is 14.4. The van der Waals surface area contributed by atoms with E-state index in [0.29, 0.717) is 0 Å². The van der Waals surface area contributed by atoms with Gasteiger partial charge in [0.2, 0.25) is 10.0 Å². The van der Waals surface area contributed by atoms with Gasteiger partial charge in [-0.25, -0.2) is 17.7 Å². The number of benzene rings is 2. The van der Waals surface area contributed by atoms with Crippen molar-refractivity contribution < 1.29 is 8.42 Å². The van der Waals surface area contributed by atoms with Crippen molar-refractivity contribution in [3.05, 3.63) is 60.0 Å². The number of rotatable bonds is 4. The van der Waals surface area contributed by atoms with Gasteiger partial charge in [0.1, 0.15) is 5.01 Å². The van der Waals surface area contributed by atoms with E-state index in [4.69, 9.17) is 0 Å².